The molecule has 0 spiro atoms. The zero-order chi connectivity index (χ0) is 31.1. The molecule has 5 rings (SSSR count). The average molecular weight is 600 g/mol. The van der Waals surface area contributed by atoms with Gasteiger partial charge in [-0.15, -0.1) is 6.58 Å². The maximum Gasteiger partial charge on any atom is 0.408 e. The lowest BCUT2D eigenvalue weighted by Gasteiger charge is -2.37. The van der Waals surface area contributed by atoms with E-state index in [1.165, 1.54) is 0 Å². The topological polar surface area (TPSA) is 118 Å². The van der Waals surface area contributed by atoms with Gasteiger partial charge in [0.25, 0.3) is 5.91 Å². The molecule has 0 bridgehead atoms. The molecule has 3 amide bonds. The van der Waals surface area contributed by atoms with E-state index in [1.54, 1.807) is 24.3 Å². The highest BCUT2D eigenvalue weighted by Crippen LogP contribution is 2.38. The Labute approximate surface area is 256 Å². The summed E-state index contributed by atoms with van der Waals surface area (Å²) in [5, 5.41) is 11.9. The lowest BCUT2D eigenvalue weighted by atomic mass is 9.99. The van der Waals surface area contributed by atoms with Gasteiger partial charge in [-0.05, 0) is 35.9 Å². The van der Waals surface area contributed by atoms with E-state index in [0.717, 1.165) is 27.2 Å². The standard InChI is InChI=1S/C34H37N3O7/c1-3-17-36(2)20-28-18-30(25-11-9-23(21-38)10-12-25)44-33(43-28)26-13-15-27(16-14-26)37-31(39)19-29(32(37)40)35-34(41)42-22-24-7-5-4-6-8-24/h3-16,28-30,33,38H,1,17-22H2,2H3,(H,35,41)/t28-,29?,30+,33+/m0/s1. The third-order valence-electron chi connectivity index (χ3n) is 7.65. The van der Waals surface area contributed by atoms with Crippen LogP contribution in [-0.2, 0) is 37.0 Å². The van der Waals surface area contributed by atoms with Crippen LogP contribution in [-0.4, -0.2) is 60.2 Å². The van der Waals surface area contributed by atoms with Crippen LogP contribution in [0.15, 0.2) is 91.5 Å². The molecule has 10 nitrogen and oxygen atoms in total. The highest BCUT2D eigenvalue weighted by atomic mass is 16.7. The Hall–Kier alpha value is -4.35. The lowest BCUT2D eigenvalue weighted by Crippen LogP contribution is -2.42. The van der Waals surface area contributed by atoms with Crippen molar-refractivity contribution in [1.82, 2.24) is 10.2 Å². The fourth-order valence-electron chi connectivity index (χ4n) is 5.38. The van der Waals surface area contributed by atoms with E-state index < -0.39 is 30.2 Å². The summed E-state index contributed by atoms with van der Waals surface area (Å²) in [6.07, 6.45) is 0.517. The first-order valence-corrected chi connectivity index (χ1v) is 14.6. The summed E-state index contributed by atoms with van der Waals surface area (Å²) in [6, 6.07) is 22.7. The van der Waals surface area contributed by atoms with Crippen LogP contribution < -0.4 is 10.2 Å². The largest absolute Gasteiger partial charge is 0.445 e. The third kappa shape index (κ3) is 7.59. The van der Waals surface area contributed by atoms with Crippen molar-refractivity contribution in [1.29, 1.82) is 0 Å². The van der Waals surface area contributed by atoms with Gasteiger partial charge in [-0.3, -0.25) is 9.59 Å². The number of carbonyl (C=O) groups excluding carboxylic acids is 3. The quantitative estimate of drug-likeness (QED) is 0.246. The Morgan fingerprint density at radius 3 is 2.41 bits per heavy atom. The number of rotatable bonds is 11. The van der Waals surface area contributed by atoms with Gasteiger partial charge in [-0.1, -0.05) is 72.8 Å². The van der Waals surface area contributed by atoms with Crippen LogP contribution in [0.4, 0.5) is 10.5 Å². The van der Waals surface area contributed by atoms with E-state index in [1.807, 2.05) is 67.7 Å². The van der Waals surface area contributed by atoms with Crippen molar-refractivity contribution < 1.29 is 33.7 Å². The van der Waals surface area contributed by atoms with E-state index in [2.05, 4.69) is 16.8 Å². The molecule has 2 heterocycles. The second-order valence-corrected chi connectivity index (χ2v) is 11.0. The number of nitrogens with zero attached hydrogens (tertiary/aromatic N) is 2. The average Bonchev–Trinajstić information content (AvgIpc) is 3.32. The summed E-state index contributed by atoms with van der Waals surface area (Å²) in [7, 11) is 2.00. The van der Waals surface area contributed by atoms with Gasteiger partial charge in [0.05, 0.1) is 30.9 Å². The van der Waals surface area contributed by atoms with Crippen molar-refractivity contribution >= 4 is 23.6 Å². The summed E-state index contributed by atoms with van der Waals surface area (Å²) in [6.45, 7) is 5.23. The van der Waals surface area contributed by atoms with Gasteiger partial charge in [0.1, 0.15) is 12.6 Å². The summed E-state index contributed by atoms with van der Waals surface area (Å²) < 4.78 is 18.0. The van der Waals surface area contributed by atoms with Gasteiger partial charge >= 0.3 is 6.09 Å². The second-order valence-electron chi connectivity index (χ2n) is 11.0. The Morgan fingerprint density at radius 2 is 1.73 bits per heavy atom. The van der Waals surface area contributed by atoms with Gasteiger partial charge in [0.2, 0.25) is 5.91 Å². The summed E-state index contributed by atoms with van der Waals surface area (Å²) in [4.78, 5) is 41.5. The molecule has 4 atom stereocenters. The third-order valence-corrected chi connectivity index (χ3v) is 7.65. The zero-order valence-electron chi connectivity index (χ0n) is 24.6. The number of likely N-dealkylation sites (N-methyl/N-ethyl adjacent to an activating group) is 1. The van der Waals surface area contributed by atoms with E-state index in [9.17, 15) is 19.5 Å². The molecule has 230 valence electrons. The fraction of sp³-hybridized carbons (Fsp3) is 0.324. The Balaban J connectivity index is 1.25. The summed E-state index contributed by atoms with van der Waals surface area (Å²) in [5.74, 6) is -0.945. The SMILES string of the molecule is C=CCN(C)C[C@@H]1C[C@H](c2ccc(CO)cc2)O[C@H](c2ccc(N3C(=O)CC(NC(=O)OCc4ccccc4)C3=O)cc2)O1. The lowest BCUT2D eigenvalue weighted by molar-refractivity contribution is -0.252. The molecule has 2 aliphatic heterocycles. The molecule has 2 fully saturated rings. The van der Waals surface area contributed by atoms with Crippen molar-refractivity contribution in [2.45, 2.75) is 50.6 Å². The maximum atomic E-state index is 13.1. The predicted octanol–water partition coefficient (Wildman–Crippen LogP) is 4.40. The number of carbonyl (C=O) groups is 3. The van der Waals surface area contributed by atoms with E-state index in [4.69, 9.17) is 14.2 Å². The predicted molar refractivity (Wildman–Crippen MR) is 163 cm³/mol. The molecule has 3 aromatic rings. The molecule has 1 unspecified atom stereocenters. The molecule has 2 N–H and O–H groups in total. The minimum absolute atomic E-state index is 0.0317. The molecule has 0 aliphatic carbocycles. The molecular weight excluding hydrogens is 562 g/mol. The number of hydrogen-bond donors (Lipinski definition) is 2. The minimum Gasteiger partial charge on any atom is -0.445 e. The van der Waals surface area contributed by atoms with Gasteiger partial charge in [-0.25, -0.2) is 9.69 Å². The van der Waals surface area contributed by atoms with Crippen molar-refractivity contribution in [2.75, 3.05) is 25.0 Å². The number of ether oxygens (including phenoxy) is 3. The van der Waals surface area contributed by atoms with Crippen LogP contribution >= 0.6 is 0 Å². The van der Waals surface area contributed by atoms with Crippen LogP contribution in [0.1, 0.15) is 47.5 Å². The zero-order valence-corrected chi connectivity index (χ0v) is 24.6. The molecule has 2 saturated heterocycles. The molecular formula is C34H37N3O7. The summed E-state index contributed by atoms with van der Waals surface area (Å²) >= 11 is 0. The molecule has 3 aromatic carbocycles. The van der Waals surface area contributed by atoms with Crippen LogP contribution in [0.3, 0.4) is 0 Å². The number of hydrogen-bond acceptors (Lipinski definition) is 8. The minimum atomic E-state index is -1.01. The summed E-state index contributed by atoms with van der Waals surface area (Å²) in [5.41, 5.74) is 3.74. The number of anilines is 1. The Bertz CT molecular complexity index is 1450. The molecule has 0 aromatic heterocycles. The number of aliphatic hydroxyl groups excluding tert-OH is 1. The van der Waals surface area contributed by atoms with Crippen LogP contribution in [0.25, 0.3) is 0 Å². The van der Waals surface area contributed by atoms with Crippen molar-refractivity contribution in [3.05, 3.63) is 114 Å². The van der Waals surface area contributed by atoms with Crippen LogP contribution in [0, 0.1) is 0 Å². The molecule has 44 heavy (non-hydrogen) atoms. The number of amides is 3. The highest BCUT2D eigenvalue weighted by molar-refractivity contribution is 6.22. The number of benzene rings is 3. The molecule has 10 heteroatoms. The van der Waals surface area contributed by atoms with Gasteiger partial charge in [0, 0.05) is 25.1 Å². The normalized spacial score (nSPS) is 21.8. The van der Waals surface area contributed by atoms with Crippen LogP contribution in [0.2, 0.25) is 0 Å². The first-order chi connectivity index (χ1) is 21.3. The van der Waals surface area contributed by atoms with Gasteiger partial charge in [-0.2, -0.15) is 0 Å². The van der Waals surface area contributed by atoms with Crippen molar-refractivity contribution in [2.24, 2.45) is 0 Å². The van der Waals surface area contributed by atoms with Crippen molar-refractivity contribution in [3.8, 4) is 0 Å². The molecule has 0 radical (unpaired) electrons. The first-order valence-electron chi connectivity index (χ1n) is 14.6. The first kappa shape index (κ1) is 31.1. The number of nitrogens with one attached hydrogen (secondary N) is 1. The Kier molecular flexibility index (Phi) is 10.2. The molecule has 0 saturated carbocycles. The number of imide groups is 1. The Morgan fingerprint density at radius 1 is 1.02 bits per heavy atom. The fourth-order valence-corrected chi connectivity index (χ4v) is 5.38. The highest BCUT2D eigenvalue weighted by Gasteiger charge is 2.41. The van der Waals surface area contributed by atoms with Gasteiger partial charge < -0.3 is 29.5 Å². The van der Waals surface area contributed by atoms with E-state index in [-0.39, 0.29) is 31.8 Å². The van der Waals surface area contributed by atoms with E-state index >= 15 is 0 Å². The number of alkyl carbamates (subject to hydrolysis) is 1. The maximum absolute atomic E-state index is 13.1. The molecule has 2 aliphatic rings. The second kappa shape index (κ2) is 14.4. The smallest absolute Gasteiger partial charge is 0.408 e. The monoisotopic (exact) mass is 599 g/mol. The number of aliphatic hydroxyl groups is 1. The van der Waals surface area contributed by atoms with E-state index in [0.29, 0.717) is 25.2 Å². The van der Waals surface area contributed by atoms with Crippen LogP contribution in [0.5, 0.6) is 0 Å². The van der Waals surface area contributed by atoms with Crippen molar-refractivity contribution in [3.63, 3.8) is 0 Å². The van der Waals surface area contributed by atoms with Gasteiger partial charge in [0.15, 0.2) is 6.29 Å².